The van der Waals surface area contributed by atoms with E-state index in [0.29, 0.717) is 11.4 Å². The topological polar surface area (TPSA) is 68.0 Å². The van der Waals surface area contributed by atoms with Gasteiger partial charge in [-0.25, -0.2) is 4.98 Å². The van der Waals surface area contributed by atoms with Gasteiger partial charge >= 0.3 is 0 Å². The zero-order valence-electron chi connectivity index (χ0n) is 8.85. The number of halogens is 1. The van der Waals surface area contributed by atoms with E-state index in [4.69, 9.17) is 5.73 Å². The molecule has 17 heavy (non-hydrogen) atoms. The van der Waals surface area contributed by atoms with Crippen molar-refractivity contribution in [1.29, 1.82) is 0 Å². The first kappa shape index (κ1) is 11.6. The first-order valence-electron chi connectivity index (χ1n) is 4.94. The highest BCUT2D eigenvalue weighted by Crippen LogP contribution is 2.15. The Morgan fingerprint density at radius 3 is 2.59 bits per heavy atom. The molecular weight excluding hydrogens is 282 g/mol. The smallest absolute Gasteiger partial charge is 0.276 e. The first-order valence-corrected chi connectivity index (χ1v) is 5.73. The summed E-state index contributed by atoms with van der Waals surface area (Å²) in [5, 5.41) is 2.72. The zero-order valence-corrected chi connectivity index (χ0v) is 10.4. The molecule has 0 saturated carbocycles. The van der Waals surface area contributed by atoms with E-state index in [0.717, 1.165) is 4.47 Å². The van der Waals surface area contributed by atoms with Crippen molar-refractivity contribution in [1.82, 2.24) is 4.98 Å². The van der Waals surface area contributed by atoms with Gasteiger partial charge in [-0.3, -0.25) is 4.79 Å². The highest BCUT2D eigenvalue weighted by molar-refractivity contribution is 9.10. The molecule has 0 saturated heterocycles. The number of amides is 1. The predicted molar refractivity (Wildman–Crippen MR) is 70.7 cm³/mol. The van der Waals surface area contributed by atoms with Crippen molar-refractivity contribution in [2.45, 2.75) is 0 Å². The average Bonchev–Trinajstić information content (AvgIpc) is 2.32. The van der Waals surface area contributed by atoms with E-state index in [1.165, 1.54) is 6.20 Å². The van der Waals surface area contributed by atoms with Crippen LogP contribution in [0, 0.1) is 0 Å². The van der Waals surface area contributed by atoms with Gasteiger partial charge in [0.2, 0.25) is 0 Å². The van der Waals surface area contributed by atoms with E-state index in [2.05, 4.69) is 26.2 Å². The van der Waals surface area contributed by atoms with Gasteiger partial charge in [-0.1, -0.05) is 15.9 Å². The van der Waals surface area contributed by atoms with Crippen LogP contribution >= 0.6 is 15.9 Å². The molecule has 5 heteroatoms. The quantitative estimate of drug-likeness (QED) is 0.894. The number of hydrogen-bond donors (Lipinski definition) is 2. The minimum atomic E-state index is -0.314. The number of anilines is 2. The summed E-state index contributed by atoms with van der Waals surface area (Å²) in [4.78, 5) is 15.8. The molecule has 0 aliphatic carbocycles. The van der Waals surface area contributed by atoms with Gasteiger partial charge in [-0.2, -0.15) is 0 Å². The van der Waals surface area contributed by atoms with E-state index in [1.54, 1.807) is 24.3 Å². The molecule has 1 heterocycles. The molecule has 0 aliphatic heterocycles. The summed E-state index contributed by atoms with van der Waals surface area (Å²) in [7, 11) is 0. The van der Waals surface area contributed by atoms with Crippen LogP contribution in [0.5, 0.6) is 0 Å². The minimum absolute atomic E-state index is 0.232. The molecule has 0 radical (unpaired) electrons. The van der Waals surface area contributed by atoms with E-state index >= 15 is 0 Å². The summed E-state index contributed by atoms with van der Waals surface area (Å²) >= 11 is 3.32. The molecule has 1 amide bonds. The van der Waals surface area contributed by atoms with Gasteiger partial charge in [0.05, 0.1) is 5.69 Å². The molecule has 0 unspecified atom stereocenters. The first-order chi connectivity index (χ1) is 8.16. The maximum absolute atomic E-state index is 11.9. The summed E-state index contributed by atoms with van der Waals surface area (Å²) in [6.45, 7) is 0. The number of pyridine rings is 1. The Hall–Kier alpha value is -1.88. The van der Waals surface area contributed by atoms with Gasteiger partial charge in [0.25, 0.3) is 5.91 Å². The highest BCUT2D eigenvalue weighted by Gasteiger charge is 2.10. The van der Waals surface area contributed by atoms with Gasteiger partial charge in [0.15, 0.2) is 5.69 Å². The van der Waals surface area contributed by atoms with Crippen LogP contribution in [0.4, 0.5) is 11.4 Å². The minimum Gasteiger partial charge on any atom is -0.397 e. The second-order valence-corrected chi connectivity index (χ2v) is 4.32. The molecule has 1 aromatic heterocycles. The van der Waals surface area contributed by atoms with Gasteiger partial charge < -0.3 is 11.1 Å². The monoisotopic (exact) mass is 291 g/mol. The summed E-state index contributed by atoms with van der Waals surface area (Å²) in [6.07, 6.45) is 1.53. The molecule has 0 bridgehead atoms. The fourth-order valence-electron chi connectivity index (χ4n) is 1.33. The maximum atomic E-state index is 11.9. The Labute approximate surface area is 107 Å². The van der Waals surface area contributed by atoms with Crippen LogP contribution in [0.25, 0.3) is 0 Å². The maximum Gasteiger partial charge on any atom is 0.276 e. The van der Waals surface area contributed by atoms with E-state index in [-0.39, 0.29) is 11.6 Å². The average molecular weight is 292 g/mol. The Morgan fingerprint density at radius 2 is 1.94 bits per heavy atom. The fraction of sp³-hybridized carbons (Fsp3) is 0. The van der Waals surface area contributed by atoms with Crippen LogP contribution in [0.1, 0.15) is 10.5 Å². The Kier molecular flexibility index (Phi) is 3.39. The second kappa shape index (κ2) is 4.97. The lowest BCUT2D eigenvalue weighted by Crippen LogP contribution is -2.15. The van der Waals surface area contributed by atoms with Crippen molar-refractivity contribution in [3.05, 3.63) is 52.8 Å². The number of nitrogens with two attached hydrogens (primary N) is 1. The fourth-order valence-corrected chi connectivity index (χ4v) is 1.60. The highest BCUT2D eigenvalue weighted by atomic mass is 79.9. The molecule has 1 aromatic carbocycles. The number of rotatable bonds is 2. The van der Waals surface area contributed by atoms with Crippen LogP contribution in [-0.4, -0.2) is 10.9 Å². The van der Waals surface area contributed by atoms with Crippen LogP contribution in [0.3, 0.4) is 0 Å². The molecule has 86 valence electrons. The van der Waals surface area contributed by atoms with Crippen LogP contribution in [0.15, 0.2) is 47.1 Å². The number of nitrogen functional groups attached to an aromatic ring is 1. The lowest BCUT2D eigenvalue weighted by Gasteiger charge is -2.06. The van der Waals surface area contributed by atoms with Crippen molar-refractivity contribution in [2.24, 2.45) is 0 Å². The summed E-state index contributed by atoms with van der Waals surface area (Å²) < 4.78 is 0.952. The largest absolute Gasteiger partial charge is 0.397 e. The summed E-state index contributed by atoms with van der Waals surface area (Å²) in [5.74, 6) is -0.314. The predicted octanol–water partition coefficient (Wildman–Crippen LogP) is 2.68. The number of nitrogens with one attached hydrogen (secondary N) is 1. The normalized spacial score (nSPS) is 9.94. The molecule has 2 aromatic rings. The van der Waals surface area contributed by atoms with Crippen molar-refractivity contribution in [2.75, 3.05) is 11.1 Å². The Balaban J connectivity index is 2.17. The zero-order chi connectivity index (χ0) is 12.3. The SMILES string of the molecule is Nc1cccnc1C(=O)Nc1ccc(Br)cc1. The number of aromatic nitrogens is 1. The third kappa shape index (κ3) is 2.82. The van der Waals surface area contributed by atoms with Gasteiger partial charge in [-0.05, 0) is 36.4 Å². The van der Waals surface area contributed by atoms with Crippen molar-refractivity contribution >= 4 is 33.2 Å². The molecule has 0 fully saturated rings. The lowest BCUT2D eigenvalue weighted by molar-refractivity contribution is 0.102. The van der Waals surface area contributed by atoms with Crippen LogP contribution < -0.4 is 11.1 Å². The third-order valence-corrected chi connectivity index (χ3v) is 2.68. The number of nitrogens with zero attached hydrogens (tertiary/aromatic N) is 1. The number of carbonyl (C=O) groups is 1. The summed E-state index contributed by atoms with van der Waals surface area (Å²) in [5.41, 5.74) is 6.96. The molecule has 0 spiro atoms. The Bertz CT molecular complexity index is 540. The Morgan fingerprint density at radius 1 is 1.24 bits per heavy atom. The number of benzene rings is 1. The summed E-state index contributed by atoms with van der Waals surface area (Å²) in [6, 6.07) is 10.6. The lowest BCUT2D eigenvalue weighted by atomic mass is 10.2. The number of hydrogen-bond acceptors (Lipinski definition) is 3. The molecule has 4 nitrogen and oxygen atoms in total. The second-order valence-electron chi connectivity index (χ2n) is 3.40. The van der Waals surface area contributed by atoms with Crippen LogP contribution in [-0.2, 0) is 0 Å². The molecule has 0 aliphatic rings. The van der Waals surface area contributed by atoms with E-state index < -0.39 is 0 Å². The third-order valence-electron chi connectivity index (χ3n) is 2.16. The van der Waals surface area contributed by atoms with E-state index in [9.17, 15) is 4.79 Å². The number of carbonyl (C=O) groups excluding carboxylic acids is 1. The molecular formula is C12H10BrN3O. The van der Waals surface area contributed by atoms with E-state index in [1.807, 2.05) is 12.1 Å². The van der Waals surface area contributed by atoms with Crippen molar-refractivity contribution in [3.8, 4) is 0 Å². The molecule has 3 N–H and O–H groups in total. The van der Waals surface area contributed by atoms with Crippen molar-refractivity contribution < 1.29 is 4.79 Å². The van der Waals surface area contributed by atoms with Crippen LogP contribution in [0.2, 0.25) is 0 Å². The molecule has 0 atom stereocenters. The van der Waals surface area contributed by atoms with Gasteiger partial charge in [0, 0.05) is 16.4 Å². The molecule has 2 rings (SSSR count). The van der Waals surface area contributed by atoms with Crippen molar-refractivity contribution in [3.63, 3.8) is 0 Å². The standard InChI is InChI=1S/C12H10BrN3O/c13-8-3-5-9(6-4-8)16-12(17)11-10(14)2-1-7-15-11/h1-7H,14H2,(H,16,17). The van der Waals surface area contributed by atoms with Gasteiger partial charge in [-0.15, -0.1) is 0 Å². The van der Waals surface area contributed by atoms with Gasteiger partial charge in [0.1, 0.15) is 0 Å².